The van der Waals surface area contributed by atoms with E-state index in [9.17, 15) is 13.2 Å². The van der Waals surface area contributed by atoms with Crippen LogP contribution < -0.4 is 19.5 Å². The van der Waals surface area contributed by atoms with Crippen molar-refractivity contribution in [3.8, 4) is 11.5 Å². The molecule has 0 aliphatic heterocycles. The van der Waals surface area contributed by atoms with E-state index in [2.05, 4.69) is 10.0 Å². The molecule has 0 saturated carbocycles. The van der Waals surface area contributed by atoms with Crippen LogP contribution in [0.3, 0.4) is 0 Å². The van der Waals surface area contributed by atoms with Gasteiger partial charge in [0, 0.05) is 11.8 Å². The normalized spacial score (nSPS) is 11.2. The summed E-state index contributed by atoms with van der Waals surface area (Å²) in [5.41, 5.74) is 1.67. The van der Waals surface area contributed by atoms with E-state index in [1.807, 2.05) is 0 Å². The van der Waals surface area contributed by atoms with E-state index >= 15 is 0 Å². The van der Waals surface area contributed by atoms with Gasteiger partial charge in [-0.05, 0) is 60.2 Å². The highest BCUT2D eigenvalue weighted by Crippen LogP contribution is 2.26. The van der Waals surface area contributed by atoms with Crippen LogP contribution in [-0.2, 0) is 14.8 Å². The van der Waals surface area contributed by atoms with Gasteiger partial charge in [-0.2, -0.15) is 0 Å². The van der Waals surface area contributed by atoms with Gasteiger partial charge in [0.25, 0.3) is 10.0 Å². The Morgan fingerprint density at radius 2 is 1.55 bits per heavy atom. The van der Waals surface area contributed by atoms with Gasteiger partial charge in [-0.25, -0.2) is 8.42 Å². The van der Waals surface area contributed by atoms with Crippen molar-refractivity contribution in [2.75, 3.05) is 24.3 Å². The van der Waals surface area contributed by atoms with Crippen molar-refractivity contribution in [2.24, 2.45) is 0 Å². The Labute approximate surface area is 181 Å². The molecule has 8 heteroatoms. The quantitative estimate of drug-likeness (QED) is 0.515. The first-order chi connectivity index (χ1) is 14.9. The third kappa shape index (κ3) is 5.86. The van der Waals surface area contributed by atoms with Gasteiger partial charge in [0.2, 0.25) is 5.91 Å². The molecule has 0 aliphatic rings. The van der Waals surface area contributed by atoms with Crippen LogP contribution >= 0.6 is 0 Å². The Morgan fingerprint density at radius 1 is 0.871 bits per heavy atom. The van der Waals surface area contributed by atoms with E-state index in [1.165, 1.54) is 25.3 Å². The summed E-state index contributed by atoms with van der Waals surface area (Å²) >= 11 is 0. The number of ether oxygens (including phenoxy) is 2. The summed E-state index contributed by atoms with van der Waals surface area (Å²) in [5, 5.41) is 2.74. The first kappa shape index (κ1) is 21.9. The van der Waals surface area contributed by atoms with Gasteiger partial charge in [-0.1, -0.05) is 24.3 Å². The number of rotatable bonds is 8. The van der Waals surface area contributed by atoms with Gasteiger partial charge in [0.1, 0.15) is 11.5 Å². The summed E-state index contributed by atoms with van der Waals surface area (Å²) in [7, 11) is -0.742. The van der Waals surface area contributed by atoms with E-state index in [4.69, 9.17) is 9.47 Å². The molecule has 3 rings (SSSR count). The zero-order valence-electron chi connectivity index (χ0n) is 17.0. The predicted molar refractivity (Wildman–Crippen MR) is 121 cm³/mol. The highest BCUT2D eigenvalue weighted by Gasteiger charge is 2.16. The maximum Gasteiger partial charge on any atom is 0.262 e. The SMILES string of the molecule is COc1ccc(NC(=O)/C=C/c2ccc(S(=O)(=O)Nc3ccccc3OC)cc2)cc1. The Balaban J connectivity index is 1.65. The maximum absolute atomic E-state index is 12.6. The van der Waals surface area contributed by atoms with Crippen LogP contribution in [0.1, 0.15) is 5.56 Å². The molecule has 0 fully saturated rings. The summed E-state index contributed by atoms with van der Waals surface area (Å²) in [6.45, 7) is 0. The van der Waals surface area contributed by atoms with Crippen LogP contribution in [0.4, 0.5) is 11.4 Å². The minimum atomic E-state index is -3.78. The summed E-state index contributed by atoms with van der Waals surface area (Å²) < 4.78 is 38.0. The summed E-state index contributed by atoms with van der Waals surface area (Å²) in [6.07, 6.45) is 2.98. The number of hydrogen-bond donors (Lipinski definition) is 2. The largest absolute Gasteiger partial charge is 0.497 e. The smallest absolute Gasteiger partial charge is 0.262 e. The lowest BCUT2D eigenvalue weighted by Gasteiger charge is -2.11. The predicted octanol–water partition coefficient (Wildman–Crippen LogP) is 4.16. The molecule has 3 aromatic rings. The fourth-order valence-corrected chi connectivity index (χ4v) is 3.79. The molecule has 0 bridgehead atoms. The van der Waals surface area contributed by atoms with Crippen molar-refractivity contribution in [2.45, 2.75) is 4.90 Å². The molecule has 0 aliphatic carbocycles. The second kappa shape index (κ2) is 9.82. The Hall–Kier alpha value is -3.78. The number of carbonyl (C=O) groups excluding carboxylic acids is 1. The van der Waals surface area contributed by atoms with Crippen molar-refractivity contribution >= 4 is 33.4 Å². The van der Waals surface area contributed by atoms with E-state index in [-0.39, 0.29) is 10.8 Å². The lowest BCUT2D eigenvalue weighted by Crippen LogP contribution is -2.13. The minimum absolute atomic E-state index is 0.0956. The molecule has 0 saturated heterocycles. The lowest BCUT2D eigenvalue weighted by atomic mass is 10.2. The molecule has 3 aromatic carbocycles. The average Bonchev–Trinajstić information content (AvgIpc) is 2.78. The monoisotopic (exact) mass is 438 g/mol. The van der Waals surface area contributed by atoms with Gasteiger partial charge in [0.05, 0.1) is 24.8 Å². The number of anilines is 2. The summed E-state index contributed by atoms with van der Waals surface area (Å²) in [5.74, 6) is 0.817. The van der Waals surface area contributed by atoms with Crippen molar-refractivity contribution in [3.05, 3.63) is 84.4 Å². The number of sulfonamides is 1. The summed E-state index contributed by atoms with van der Waals surface area (Å²) in [6, 6.07) is 19.9. The van der Waals surface area contributed by atoms with Crippen LogP contribution in [-0.4, -0.2) is 28.5 Å². The molecule has 0 heterocycles. The number of para-hydroxylation sites is 2. The van der Waals surface area contributed by atoms with Crippen molar-refractivity contribution < 1.29 is 22.7 Å². The lowest BCUT2D eigenvalue weighted by molar-refractivity contribution is -0.111. The molecule has 7 nitrogen and oxygen atoms in total. The highest BCUT2D eigenvalue weighted by atomic mass is 32.2. The molecular formula is C23H22N2O5S. The molecule has 2 N–H and O–H groups in total. The molecule has 0 aromatic heterocycles. The minimum Gasteiger partial charge on any atom is -0.497 e. The van der Waals surface area contributed by atoms with Gasteiger partial charge in [-0.15, -0.1) is 0 Å². The van der Waals surface area contributed by atoms with Crippen LogP contribution in [0.5, 0.6) is 11.5 Å². The fraction of sp³-hybridized carbons (Fsp3) is 0.0870. The van der Waals surface area contributed by atoms with Crippen LogP contribution in [0.15, 0.2) is 83.8 Å². The standard InChI is InChI=1S/C23H22N2O5S/c1-29-19-12-10-18(11-13-19)24-23(26)16-9-17-7-14-20(15-8-17)31(27,28)25-21-5-3-4-6-22(21)30-2/h3-16,25H,1-2H3,(H,24,26)/b16-9+. The third-order valence-corrected chi connectivity index (χ3v) is 5.71. The molecule has 1 amide bonds. The fourth-order valence-electron chi connectivity index (χ4n) is 2.72. The second-order valence-corrected chi connectivity index (χ2v) is 8.11. The third-order valence-electron chi connectivity index (χ3n) is 4.33. The van der Waals surface area contributed by atoms with E-state index in [1.54, 1.807) is 73.8 Å². The first-order valence-electron chi connectivity index (χ1n) is 9.30. The van der Waals surface area contributed by atoms with Crippen molar-refractivity contribution in [3.63, 3.8) is 0 Å². The van der Waals surface area contributed by atoms with Crippen molar-refractivity contribution in [1.82, 2.24) is 0 Å². The molecule has 160 valence electrons. The van der Waals surface area contributed by atoms with Crippen LogP contribution in [0.2, 0.25) is 0 Å². The number of amides is 1. The zero-order chi connectivity index (χ0) is 22.3. The molecule has 0 spiro atoms. The highest BCUT2D eigenvalue weighted by molar-refractivity contribution is 7.92. The second-order valence-electron chi connectivity index (χ2n) is 6.43. The van der Waals surface area contributed by atoms with Gasteiger partial charge >= 0.3 is 0 Å². The van der Waals surface area contributed by atoms with Gasteiger partial charge in [-0.3, -0.25) is 9.52 Å². The van der Waals surface area contributed by atoms with Crippen LogP contribution in [0, 0.1) is 0 Å². The zero-order valence-corrected chi connectivity index (χ0v) is 17.8. The molecular weight excluding hydrogens is 416 g/mol. The number of nitrogens with one attached hydrogen (secondary N) is 2. The number of benzene rings is 3. The Morgan fingerprint density at radius 3 is 2.19 bits per heavy atom. The molecule has 31 heavy (non-hydrogen) atoms. The number of hydrogen-bond acceptors (Lipinski definition) is 5. The molecule has 0 radical (unpaired) electrons. The first-order valence-corrected chi connectivity index (χ1v) is 10.8. The Kier molecular flexibility index (Phi) is 6.94. The molecule has 0 atom stereocenters. The molecule has 0 unspecified atom stereocenters. The van der Waals surface area contributed by atoms with Crippen LogP contribution in [0.25, 0.3) is 6.08 Å². The average molecular weight is 439 g/mol. The summed E-state index contributed by atoms with van der Waals surface area (Å²) in [4.78, 5) is 12.2. The maximum atomic E-state index is 12.6. The topological polar surface area (TPSA) is 93.7 Å². The number of carbonyl (C=O) groups is 1. The van der Waals surface area contributed by atoms with Gasteiger partial charge in [0.15, 0.2) is 0 Å². The number of methoxy groups -OCH3 is 2. The Bertz CT molecular complexity index is 1170. The van der Waals surface area contributed by atoms with E-state index in [0.717, 1.165) is 0 Å². The van der Waals surface area contributed by atoms with Gasteiger partial charge < -0.3 is 14.8 Å². The van der Waals surface area contributed by atoms with E-state index < -0.39 is 10.0 Å². The van der Waals surface area contributed by atoms with Crippen molar-refractivity contribution in [1.29, 1.82) is 0 Å². The van der Waals surface area contributed by atoms with E-state index in [0.29, 0.717) is 28.4 Å².